The van der Waals surface area contributed by atoms with E-state index in [9.17, 15) is 0 Å². The Morgan fingerprint density at radius 2 is 1.79 bits per heavy atom. The first-order valence-electron chi connectivity index (χ1n) is 9.15. The molecule has 2 aliphatic rings. The second-order valence-corrected chi connectivity index (χ2v) is 7.86. The standard InChI is InChI=1S/C19H36/c1-5-7-14(3)12-17-10-8-15(4)19-13-16(6-2)9-11-18(17)19/h14-19H,5-13H2,1-4H3. The van der Waals surface area contributed by atoms with Gasteiger partial charge < -0.3 is 0 Å². The van der Waals surface area contributed by atoms with Crippen molar-refractivity contribution in [3.63, 3.8) is 0 Å². The fourth-order valence-electron chi connectivity index (χ4n) is 5.26. The molecule has 0 spiro atoms. The summed E-state index contributed by atoms with van der Waals surface area (Å²) in [5, 5.41) is 0. The van der Waals surface area contributed by atoms with Crippen molar-refractivity contribution >= 4 is 0 Å². The zero-order valence-corrected chi connectivity index (χ0v) is 13.8. The highest BCUT2D eigenvalue weighted by Crippen LogP contribution is 2.50. The zero-order chi connectivity index (χ0) is 13.8. The summed E-state index contributed by atoms with van der Waals surface area (Å²) in [6.45, 7) is 9.78. The van der Waals surface area contributed by atoms with Crippen molar-refractivity contribution in [2.24, 2.45) is 35.5 Å². The van der Waals surface area contributed by atoms with Crippen LogP contribution in [-0.2, 0) is 0 Å². The van der Waals surface area contributed by atoms with E-state index in [0.29, 0.717) is 0 Å². The summed E-state index contributed by atoms with van der Waals surface area (Å²) < 4.78 is 0. The molecule has 0 aromatic rings. The molecule has 0 N–H and O–H groups in total. The predicted molar refractivity (Wildman–Crippen MR) is 85.2 cm³/mol. The van der Waals surface area contributed by atoms with E-state index in [0.717, 1.165) is 35.5 Å². The summed E-state index contributed by atoms with van der Waals surface area (Å²) in [7, 11) is 0. The first kappa shape index (κ1) is 15.4. The summed E-state index contributed by atoms with van der Waals surface area (Å²) in [6, 6.07) is 0. The second kappa shape index (κ2) is 7.14. The smallest absolute Gasteiger partial charge is 0.0355 e. The van der Waals surface area contributed by atoms with Gasteiger partial charge in [0.1, 0.15) is 0 Å². The van der Waals surface area contributed by atoms with Gasteiger partial charge in [-0.25, -0.2) is 0 Å². The van der Waals surface area contributed by atoms with Crippen LogP contribution in [0.1, 0.15) is 85.5 Å². The average Bonchev–Trinajstić information content (AvgIpc) is 2.42. The summed E-state index contributed by atoms with van der Waals surface area (Å²) in [4.78, 5) is 0. The summed E-state index contributed by atoms with van der Waals surface area (Å²) >= 11 is 0. The van der Waals surface area contributed by atoms with Crippen molar-refractivity contribution < 1.29 is 0 Å². The molecule has 2 fully saturated rings. The lowest BCUT2D eigenvalue weighted by Gasteiger charge is -2.48. The summed E-state index contributed by atoms with van der Waals surface area (Å²) in [5.74, 6) is 6.26. The van der Waals surface area contributed by atoms with E-state index >= 15 is 0 Å². The number of hydrogen-bond acceptors (Lipinski definition) is 0. The van der Waals surface area contributed by atoms with Crippen LogP contribution in [0.2, 0.25) is 0 Å². The monoisotopic (exact) mass is 264 g/mol. The molecule has 0 heterocycles. The molecule has 2 saturated carbocycles. The maximum Gasteiger partial charge on any atom is -0.0355 e. The molecule has 6 atom stereocenters. The molecular formula is C19H36. The van der Waals surface area contributed by atoms with E-state index in [1.165, 1.54) is 44.9 Å². The summed E-state index contributed by atoms with van der Waals surface area (Å²) in [6.07, 6.45) is 13.5. The third-order valence-electron chi connectivity index (χ3n) is 6.46. The maximum atomic E-state index is 2.54. The molecule has 2 aliphatic carbocycles. The average molecular weight is 264 g/mol. The van der Waals surface area contributed by atoms with E-state index in [4.69, 9.17) is 0 Å². The molecular weight excluding hydrogens is 228 g/mol. The van der Waals surface area contributed by atoms with E-state index in [1.807, 2.05) is 0 Å². The van der Waals surface area contributed by atoms with Gasteiger partial charge in [0.05, 0.1) is 0 Å². The lowest BCUT2D eigenvalue weighted by molar-refractivity contribution is 0.0242. The quantitative estimate of drug-likeness (QED) is 0.546. The third kappa shape index (κ3) is 3.76. The number of fused-ring (bicyclic) bond motifs is 1. The van der Waals surface area contributed by atoms with E-state index in [2.05, 4.69) is 27.7 Å². The highest BCUT2D eigenvalue weighted by Gasteiger charge is 2.40. The Morgan fingerprint density at radius 1 is 1.00 bits per heavy atom. The Bertz CT molecular complexity index is 257. The van der Waals surface area contributed by atoms with Crippen LogP contribution in [0.5, 0.6) is 0 Å². The number of rotatable bonds is 5. The van der Waals surface area contributed by atoms with Gasteiger partial charge in [-0.15, -0.1) is 0 Å². The fourth-order valence-corrected chi connectivity index (χ4v) is 5.26. The van der Waals surface area contributed by atoms with Gasteiger partial charge in [0.15, 0.2) is 0 Å². The molecule has 112 valence electrons. The van der Waals surface area contributed by atoms with Crippen LogP contribution in [0.4, 0.5) is 0 Å². The first-order valence-corrected chi connectivity index (χ1v) is 9.15. The second-order valence-electron chi connectivity index (χ2n) is 7.86. The molecule has 0 nitrogen and oxygen atoms in total. The van der Waals surface area contributed by atoms with Gasteiger partial charge in [0.25, 0.3) is 0 Å². The molecule has 0 radical (unpaired) electrons. The third-order valence-corrected chi connectivity index (χ3v) is 6.46. The van der Waals surface area contributed by atoms with Gasteiger partial charge in [-0.3, -0.25) is 0 Å². The van der Waals surface area contributed by atoms with Crippen LogP contribution in [0.3, 0.4) is 0 Å². The Labute approximate surface area is 121 Å². The molecule has 0 heteroatoms. The van der Waals surface area contributed by atoms with Crippen LogP contribution in [-0.4, -0.2) is 0 Å². The highest BCUT2D eigenvalue weighted by molar-refractivity contribution is 4.90. The van der Waals surface area contributed by atoms with Crippen molar-refractivity contribution in [3.05, 3.63) is 0 Å². The van der Waals surface area contributed by atoms with Crippen molar-refractivity contribution in [2.45, 2.75) is 85.5 Å². The van der Waals surface area contributed by atoms with Gasteiger partial charge in [-0.05, 0) is 61.2 Å². The van der Waals surface area contributed by atoms with Gasteiger partial charge in [0.2, 0.25) is 0 Å². The Morgan fingerprint density at radius 3 is 2.47 bits per heavy atom. The highest BCUT2D eigenvalue weighted by atomic mass is 14.5. The molecule has 0 saturated heterocycles. The van der Waals surface area contributed by atoms with Gasteiger partial charge >= 0.3 is 0 Å². The molecule has 2 rings (SSSR count). The minimum atomic E-state index is 0.966. The summed E-state index contributed by atoms with van der Waals surface area (Å²) in [5.41, 5.74) is 0. The van der Waals surface area contributed by atoms with Gasteiger partial charge in [-0.1, -0.05) is 59.8 Å². The topological polar surface area (TPSA) is 0 Å². The Hall–Kier alpha value is 0. The lowest BCUT2D eigenvalue weighted by Crippen LogP contribution is -2.38. The number of hydrogen-bond donors (Lipinski definition) is 0. The van der Waals surface area contributed by atoms with Crippen molar-refractivity contribution in [1.29, 1.82) is 0 Å². The molecule has 0 bridgehead atoms. The Kier molecular flexibility index (Phi) is 5.78. The molecule has 0 aromatic carbocycles. The van der Waals surface area contributed by atoms with Crippen LogP contribution in [0.25, 0.3) is 0 Å². The molecule has 0 aromatic heterocycles. The normalized spacial score (nSPS) is 40.7. The maximum absolute atomic E-state index is 2.54. The molecule has 0 amide bonds. The minimum absolute atomic E-state index is 0.966. The van der Waals surface area contributed by atoms with E-state index < -0.39 is 0 Å². The van der Waals surface area contributed by atoms with E-state index in [-0.39, 0.29) is 0 Å². The first-order chi connectivity index (χ1) is 9.15. The van der Waals surface area contributed by atoms with E-state index in [1.54, 1.807) is 12.8 Å². The van der Waals surface area contributed by atoms with Crippen LogP contribution >= 0.6 is 0 Å². The predicted octanol–water partition coefficient (Wildman–Crippen LogP) is 6.30. The van der Waals surface area contributed by atoms with Crippen molar-refractivity contribution in [3.8, 4) is 0 Å². The SMILES string of the molecule is CCCC(C)CC1CCC(C)C2CC(CC)CCC12. The molecule has 19 heavy (non-hydrogen) atoms. The molecule has 0 aliphatic heterocycles. The van der Waals surface area contributed by atoms with Crippen LogP contribution < -0.4 is 0 Å². The van der Waals surface area contributed by atoms with Crippen LogP contribution in [0, 0.1) is 35.5 Å². The van der Waals surface area contributed by atoms with Gasteiger partial charge in [-0.2, -0.15) is 0 Å². The van der Waals surface area contributed by atoms with Crippen LogP contribution in [0.15, 0.2) is 0 Å². The Balaban J connectivity index is 1.95. The largest absolute Gasteiger partial charge is 0.0654 e. The fraction of sp³-hybridized carbons (Fsp3) is 1.00. The molecule has 6 unspecified atom stereocenters. The minimum Gasteiger partial charge on any atom is -0.0654 e. The van der Waals surface area contributed by atoms with Gasteiger partial charge in [0, 0.05) is 0 Å². The zero-order valence-electron chi connectivity index (χ0n) is 13.8. The van der Waals surface area contributed by atoms with Crippen molar-refractivity contribution in [2.75, 3.05) is 0 Å². The van der Waals surface area contributed by atoms with Crippen molar-refractivity contribution in [1.82, 2.24) is 0 Å². The lowest BCUT2D eigenvalue weighted by atomic mass is 9.58.